The highest BCUT2D eigenvalue weighted by Gasteiger charge is 2.27. The van der Waals surface area contributed by atoms with Crippen LogP contribution in [0.3, 0.4) is 0 Å². The fraction of sp³-hybridized carbons (Fsp3) is 0.222. The zero-order chi connectivity index (χ0) is 24.7. The summed E-state index contributed by atoms with van der Waals surface area (Å²) in [6, 6.07) is 19.1. The highest BCUT2D eigenvalue weighted by molar-refractivity contribution is 5.90. The highest BCUT2D eigenvalue weighted by Crippen LogP contribution is 2.20. The number of carbonyl (C=O) groups excluding carboxylic acids is 2. The molecule has 0 fully saturated rings. The lowest BCUT2D eigenvalue weighted by molar-refractivity contribution is -0.718. The molecule has 0 spiro atoms. The number of anilines is 1. The van der Waals surface area contributed by atoms with Gasteiger partial charge in [-0.3, -0.25) is 10.1 Å². The quantitative estimate of drug-likeness (QED) is 0.245. The van der Waals surface area contributed by atoms with E-state index in [-0.39, 0.29) is 11.4 Å². The van der Waals surface area contributed by atoms with Crippen molar-refractivity contribution >= 4 is 29.0 Å². The van der Waals surface area contributed by atoms with Crippen molar-refractivity contribution in [1.82, 2.24) is 5.10 Å². The predicted molar refractivity (Wildman–Crippen MR) is 135 cm³/mol. The van der Waals surface area contributed by atoms with Gasteiger partial charge in [0.05, 0.1) is 11.8 Å². The van der Waals surface area contributed by atoms with E-state index in [2.05, 4.69) is 31.2 Å². The first-order valence-corrected chi connectivity index (χ1v) is 11.2. The number of quaternary nitrogens is 1. The van der Waals surface area contributed by atoms with E-state index in [0.717, 1.165) is 34.8 Å². The van der Waals surface area contributed by atoms with Crippen LogP contribution in [0.1, 0.15) is 39.0 Å². The fourth-order valence-corrected chi connectivity index (χ4v) is 3.63. The summed E-state index contributed by atoms with van der Waals surface area (Å²) in [4.78, 5) is 23.9. The van der Waals surface area contributed by atoms with Crippen LogP contribution < -0.4 is 21.0 Å². The van der Waals surface area contributed by atoms with E-state index in [9.17, 15) is 9.59 Å². The average molecular weight is 460 g/mol. The van der Waals surface area contributed by atoms with Gasteiger partial charge in [-0.1, -0.05) is 57.2 Å². The molecule has 1 aromatic heterocycles. The molecule has 0 aliphatic carbocycles. The van der Waals surface area contributed by atoms with E-state index in [1.165, 1.54) is 6.08 Å². The first-order chi connectivity index (χ1) is 16.1. The summed E-state index contributed by atoms with van der Waals surface area (Å²) in [5.74, 6) is 0.272. The number of carbonyl (C=O) groups is 2. The number of nitrogens with zero attached hydrogens (tertiary/aromatic N) is 1. The lowest BCUT2D eigenvalue weighted by Crippen LogP contribution is -2.86. The van der Waals surface area contributed by atoms with Crippen molar-refractivity contribution in [2.45, 2.75) is 34.1 Å². The van der Waals surface area contributed by atoms with Crippen LogP contribution >= 0.6 is 0 Å². The number of allylic oxidation sites excluding steroid dienone is 3. The average Bonchev–Trinajstić information content (AvgIpc) is 3.15. The number of primary amides is 2. The predicted octanol–water partition coefficient (Wildman–Crippen LogP) is 3.75. The summed E-state index contributed by atoms with van der Waals surface area (Å²) in [6.45, 7) is 8.44. The van der Waals surface area contributed by atoms with Crippen LogP contribution in [0, 0.1) is 5.41 Å². The van der Waals surface area contributed by atoms with Gasteiger partial charge in [0.15, 0.2) is 0 Å². The number of amides is 3. The van der Waals surface area contributed by atoms with Crippen LogP contribution in [-0.4, -0.2) is 17.0 Å². The number of rotatable bonds is 7. The summed E-state index contributed by atoms with van der Waals surface area (Å²) in [5.41, 5.74) is 9.77. The Hall–Kier alpha value is -3.97. The molecule has 0 bridgehead atoms. The summed E-state index contributed by atoms with van der Waals surface area (Å²) >= 11 is 0. The van der Waals surface area contributed by atoms with E-state index in [0.29, 0.717) is 5.69 Å². The van der Waals surface area contributed by atoms with Crippen LogP contribution in [-0.2, 0) is 11.2 Å². The third kappa shape index (κ3) is 7.02. The molecule has 3 rings (SSSR count). The number of nitrogens with one attached hydrogen (secondary N) is 2. The van der Waals surface area contributed by atoms with Crippen LogP contribution in [0.25, 0.3) is 11.3 Å². The Bertz CT molecular complexity index is 1200. The van der Waals surface area contributed by atoms with Crippen molar-refractivity contribution < 1.29 is 19.6 Å². The van der Waals surface area contributed by atoms with Gasteiger partial charge in [0, 0.05) is 23.9 Å². The van der Waals surface area contributed by atoms with E-state index >= 15 is 0 Å². The highest BCUT2D eigenvalue weighted by atomic mass is 16.2. The van der Waals surface area contributed by atoms with Crippen LogP contribution in [0.4, 0.5) is 16.3 Å². The Morgan fingerprint density at radius 3 is 2.32 bits per heavy atom. The standard InChI is InChI=1S/C27H31N5O2/c1-5-19(13-16-24(28)33)20-11-14-21(15-12-20)29-26(34)30-25-17-22(18-27(2,3)4)31-32(25)23-9-7-6-8-10-23/h5-17H,18H2,1-4H3,(H4,28,29,30,31,33,34)/p+2. The second kappa shape index (κ2) is 10.8. The lowest BCUT2D eigenvalue weighted by Gasteiger charge is -2.15. The Morgan fingerprint density at radius 2 is 1.74 bits per heavy atom. The number of benzene rings is 2. The molecule has 6 N–H and O–H groups in total. The van der Waals surface area contributed by atoms with E-state index < -0.39 is 5.91 Å². The molecule has 7 nitrogen and oxygen atoms in total. The van der Waals surface area contributed by atoms with Gasteiger partial charge < -0.3 is 5.73 Å². The van der Waals surface area contributed by atoms with Crippen molar-refractivity contribution in [3.8, 4) is 5.69 Å². The summed E-state index contributed by atoms with van der Waals surface area (Å²) in [6.07, 6.45) is 5.75. The second-order valence-corrected chi connectivity index (χ2v) is 9.31. The minimum absolute atomic E-state index is 0.110. The number of hydrogen-bond acceptors (Lipinski definition) is 2. The van der Waals surface area contributed by atoms with Crippen molar-refractivity contribution in [3.05, 3.63) is 90.1 Å². The molecule has 0 atom stereocenters. The van der Waals surface area contributed by atoms with Gasteiger partial charge in [-0.05, 0) is 52.8 Å². The van der Waals surface area contributed by atoms with Crippen LogP contribution in [0.15, 0.2) is 78.9 Å². The Labute approximate surface area is 200 Å². The molecule has 0 saturated heterocycles. The number of aromatic amines is 1. The molecule has 0 saturated carbocycles. The van der Waals surface area contributed by atoms with Gasteiger partial charge in [0.25, 0.3) is 0 Å². The zero-order valence-electron chi connectivity index (χ0n) is 20.1. The van der Waals surface area contributed by atoms with Gasteiger partial charge in [-0.25, -0.2) is 4.79 Å². The minimum Gasteiger partial charge on any atom is -0.366 e. The van der Waals surface area contributed by atoms with Crippen molar-refractivity contribution in [2.75, 3.05) is 5.32 Å². The maximum atomic E-state index is 12.8. The molecule has 0 unspecified atom stereocenters. The Balaban J connectivity index is 1.76. The normalized spacial score (nSPS) is 12.2. The molecule has 176 valence electrons. The number of hydrogen-bond donors (Lipinski definition) is 4. The van der Waals surface area contributed by atoms with Crippen molar-refractivity contribution in [1.29, 1.82) is 0 Å². The number of nitrogens with two attached hydrogens (primary N) is 2. The maximum absolute atomic E-state index is 12.8. The number of urea groups is 1. The fourth-order valence-electron chi connectivity index (χ4n) is 3.63. The van der Waals surface area contributed by atoms with Crippen molar-refractivity contribution in [3.63, 3.8) is 0 Å². The lowest BCUT2D eigenvalue weighted by atomic mass is 9.91. The Kier molecular flexibility index (Phi) is 7.81. The molecule has 2 aromatic carbocycles. The van der Waals surface area contributed by atoms with E-state index in [1.54, 1.807) is 11.4 Å². The maximum Gasteiger partial charge on any atom is 0.427 e. The summed E-state index contributed by atoms with van der Waals surface area (Å²) < 4.78 is 1.92. The molecule has 0 aliphatic heterocycles. The first-order valence-electron chi connectivity index (χ1n) is 11.2. The molecular formula is C27H33N5O2+2. The van der Waals surface area contributed by atoms with Crippen LogP contribution in [0.5, 0.6) is 0 Å². The van der Waals surface area contributed by atoms with Gasteiger partial charge >= 0.3 is 11.8 Å². The zero-order valence-corrected chi connectivity index (χ0v) is 20.1. The van der Waals surface area contributed by atoms with Crippen molar-refractivity contribution in [2.24, 2.45) is 11.1 Å². The molecule has 34 heavy (non-hydrogen) atoms. The molecule has 7 heteroatoms. The van der Waals surface area contributed by atoms with Gasteiger partial charge in [-0.15, -0.1) is 0 Å². The van der Waals surface area contributed by atoms with Gasteiger partial charge in [0.2, 0.25) is 11.6 Å². The molecule has 0 aliphatic rings. The van der Waals surface area contributed by atoms with Gasteiger partial charge in [-0.2, -0.15) is 10.4 Å². The monoisotopic (exact) mass is 459 g/mol. The second-order valence-electron chi connectivity index (χ2n) is 9.31. The van der Waals surface area contributed by atoms with Gasteiger partial charge in [0.1, 0.15) is 0 Å². The largest absolute Gasteiger partial charge is 0.427 e. The topological polar surface area (TPSA) is 108 Å². The van der Waals surface area contributed by atoms with E-state index in [1.807, 2.05) is 78.3 Å². The number of para-hydroxylation sites is 1. The number of H-pyrrole nitrogens is 1. The summed E-state index contributed by atoms with van der Waals surface area (Å²) in [5, 5.41) is 7.95. The smallest absolute Gasteiger partial charge is 0.366 e. The first kappa shape index (κ1) is 24.7. The number of aromatic nitrogens is 2. The molecular weight excluding hydrogens is 426 g/mol. The minimum atomic E-state index is -0.498. The molecule has 3 aromatic rings. The SMILES string of the molecule is CC=C(C=CC(N)=O)c1ccc(NC(=O)[NH2+]c2cc(CC(C)(C)C)[nH][n+]2-c2ccccc2)cc1. The third-order valence-electron chi connectivity index (χ3n) is 5.07. The third-order valence-corrected chi connectivity index (χ3v) is 5.07. The van der Waals surface area contributed by atoms with Crippen LogP contribution in [0.2, 0.25) is 0 Å². The summed E-state index contributed by atoms with van der Waals surface area (Å²) in [7, 11) is 0. The molecule has 0 radical (unpaired) electrons. The molecule has 1 heterocycles. The Morgan fingerprint density at radius 1 is 1.06 bits per heavy atom. The van der Waals surface area contributed by atoms with E-state index in [4.69, 9.17) is 5.73 Å². The molecule has 3 amide bonds.